The van der Waals surface area contributed by atoms with Gasteiger partial charge < -0.3 is 19.4 Å². The summed E-state index contributed by atoms with van der Waals surface area (Å²) in [6.07, 6.45) is 2.72. The fourth-order valence-electron chi connectivity index (χ4n) is 3.78. The van der Waals surface area contributed by atoms with Crippen LogP contribution in [0.1, 0.15) is 12.0 Å². The molecule has 0 unspecified atom stereocenters. The lowest BCUT2D eigenvalue weighted by Gasteiger charge is -2.36. The molecule has 0 bridgehead atoms. The molecule has 0 radical (unpaired) electrons. The van der Waals surface area contributed by atoms with E-state index in [4.69, 9.17) is 16.3 Å². The zero-order valence-corrected chi connectivity index (χ0v) is 17.5. The molecule has 9 heteroatoms. The molecule has 0 saturated carbocycles. The van der Waals surface area contributed by atoms with Gasteiger partial charge in [-0.05, 0) is 24.1 Å². The topological polar surface area (TPSA) is 61.8 Å². The van der Waals surface area contributed by atoms with Crippen molar-refractivity contribution < 1.29 is 13.9 Å². The first-order chi connectivity index (χ1) is 14.6. The molecule has 1 amide bonds. The van der Waals surface area contributed by atoms with Crippen molar-refractivity contribution in [3.05, 3.63) is 46.9 Å². The van der Waals surface area contributed by atoms with Crippen LogP contribution < -0.4 is 9.80 Å². The van der Waals surface area contributed by atoms with Gasteiger partial charge in [-0.15, -0.1) is 5.10 Å². The number of ether oxygens (including phenoxy) is 1. The molecule has 1 aromatic carbocycles. The third-order valence-electron chi connectivity index (χ3n) is 5.57. The van der Waals surface area contributed by atoms with Crippen LogP contribution in [0.2, 0.25) is 5.02 Å². The van der Waals surface area contributed by atoms with Gasteiger partial charge in [-0.3, -0.25) is 4.79 Å². The van der Waals surface area contributed by atoms with Crippen LogP contribution in [0.4, 0.5) is 15.9 Å². The monoisotopic (exact) mass is 433 g/mol. The Bertz CT molecular complexity index is 885. The van der Waals surface area contributed by atoms with E-state index in [0.29, 0.717) is 25.9 Å². The first-order valence-electron chi connectivity index (χ1n) is 10.2. The highest BCUT2D eigenvalue weighted by molar-refractivity contribution is 6.30. The zero-order valence-electron chi connectivity index (χ0n) is 16.8. The largest absolute Gasteiger partial charge is 0.378 e. The van der Waals surface area contributed by atoms with Crippen molar-refractivity contribution in [3.8, 4) is 0 Å². The van der Waals surface area contributed by atoms with E-state index in [1.165, 1.54) is 6.07 Å². The van der Waals surface area contributed by atoms with Crippen LogP contribution in [0.25, 0.3) is 0 Å². The third kappa shape index (κ3) is 4.99. The van der Waals surface area contributed by atoms with Crippen LogP contribution in [0.15, 0.2) is 30.5 Å². The summed E-state index contributed by atoms with van der Waals surface area (Å²) in [5, 5.41) is 8.56. The molecule has 2 aliphatic heterocycles. The van der Waals surface area contributed by atoms with Crippen molar-refractivity contribution in [1.82, 2.24) is 15.1 Å². The molecule has 2 saturated heterocycles. The number of carbonyl (C=O) groups excluding carboxylic acids is 1. The van der Waals surface area contributed by atoms with Crippen LogP contribution in [-0.2, 0) is 16.0 Å². The van der Waals surface area contributed by atoms with Gasteiger partial charge in [0.2, 0.25) is 5.91 Å². The summed E-state index contributed by atoms with van der Waals surface area (Å²) in [7, 11) is 0. The molecule has 7 nitrogen and oxygen atoms in total. The van der Waals surface area contributed by atoms with Gasteiger partial charge in [0.15, 0.2) is 5.82 Å². The molecule has 2 fully saturated rings. The second kappa shape index (κ2) is 9.57. The highest BCUT2D eigenvalue weighted by Crippen LogP contribution is 2.21. The van der Waals surface area contributed by atoms with Crippen molar-refractivity contribution in [3.63, 3.8) is 0 Å². The molecule has 0 spiro atoms. The first-order valence-corrected chi connectivity index (χ1v) is 10.6. The van der Waals surface area contributed by atoms with Crippen LogP contribution in [0.3, 0.4) is 0 Å². The van der Waals surface area contributed by atoms with E-state index < -0.39 is 5.82 Å². The summed E-state index contributed by atoms with van der Waals surface area (Å²) in [6.45, 7) is 5.88. The number of halogens is 2. The number of aryl methyl sites for hydroxylation is 1. The standard InChI is InChI=1S/C21H25ClFN5O2/c22-18-13-16(1-3-19(18)23)2-4-21(29)28-7-5-27(6-8-28)20-14-17(15-24-25-20)26-9-11-30-12-10-26/h1,3,13-15H,2,4-12H2. The number of anilines is 2. The van der Waals surface area contributed by atoms with E-state index in [2.05, 4.69) is 26.1 Å². The van der Waals surface area contributed by atoms with Crippen molar-refractivity contribution >= 4 is 29.0 Å². The maximum absolute atomic E-state index is 13.3. The molecular formula is C21H25ClFN5O2. The Labute approximate surface area is 180 Å². The molecule has 3 heterocycles. The molecule has 30 heavy (non-hydrogen) atoms. The lowest BCUT2D eigenvalue weighted by Crippen LogP contribution is -2.49. The van der Waals surface area contributed by atoms with Crippen molar-refractivity contribution in [2.24, 2.45) is 0 Å². The number of carbonyl (C=O) groups is 1. The lowest BCUT2D eigenvalue weighted by atomic mass is 10.1. The molecule has 4 rings (SSSR count). The van der Waals surface area contributed by atoms with E-state index in [1.807, 2.05) is 4.90 Å². The highest BCUT2D eigenvalue weighted by atomic mass is 35.5. The number of rotatable bonds is 5. The summed E-state index contributed by atoms with van der Waals surface area (Å²) >= 11 is 5.82. The van der Waals surface area contributed by atoms with Crippen LogP contribution >= 0.6 is 11.6 Å². The minimum atomic E-state index is -0.441. The molecule has 2 aromatic rings. The number of aromatic nitrogens is 2. The second-order valence-corrected chi connectivity index (χ2v) is 7.89. The number of benzene rings is 1. The number of piperazine rings is 1. The molecule has 1 aromatic heterocycles. The number of morpholine rings is 1. The maximum atomic E-state index is 13.3. The van der Waals surface area contributed by atoms with Gasteiger partial charge in [-0.2, -0.15) is 5.10 Å². The molecule has 0 aliphatic carbocycles. The van der Waals surface area contributed by atoms with Gasteiger partial charge in [0.1, 0.15) is 5.82 Å². The Kier molecular flexibility index (Phi) is 6.64. The third-order valence-corrected chi connectivity index (χ3v) is 5.86. The highest BCUT2D eigenvalue weighted by Gasteiger charge is 2.23. The average molecular weight is 434 g/mol. The summed E-state index contributed by atoms with van der Waals surface area (Å²) in [5.41, 5.74) is 1.92. The number of nitrogens with zero attached hydrogens (tertiary/aromatic N) is 5. The maximum Gasteiger partial charge on any atom is 0.223 e. The van der Waals surface area contributed by atoms with Crippen LogP contribution in [0.5, 0.6) is 0 Å². The van der Waals surface area contributed by atoms with E-state index in [0.717, 1.165) is 56.5 Å². The Balaban J connectivity index is 1.29. The van der Waals surface area contributed by atoms with Gasteiger partial charge in [0, 0.05) is 51.8 Å². The zero-order chi connectivity index (χ0) is 20.9. The van der Waals surface area contributed by atoms with Crippen molar-refractivity contribution in [2.75, 3.05) is 62.3 Å². The van der Waals surface area contributed by atoms with E-state index in [9.17, 15) is 9.18 Å². The molecule has 2 aliphatic rings. The van der Waals surface area contributed by atoms with Crippen LogP contribution in [0, 0.1) is 5.82 Å². The van der Waals surface area contributed by atoms with E-state index in [1.54, 1.807) is 18.3 Å². The summed E-state index contributed by atoms with van der Waals surface area (Å²) in [4.78, 5) is 18.9. The van der Waals surface area contributed by atoms with Crippen molar-refractivity contribution in [2.45, 2.75) is 12.8 Å². The lowest BCUT2D eigenvalue weighted by molar-refractivity contribution is -0.131. The minimum Gasteiger partial charge on any atom is -0.378 e. The van der Waals surface area contributed by atoms with Gasteiger partial charge in [-0.25, -0.2) is 4.39 Å². The number of amides is 1. The molecule has 0 N–H and O–H groups in total. The fraction of sp³-hybridized carbons (Fsp3) is 0.476. The summed E-state index contributed by atoms with van der Waals surface area (Å²) in [6, 6.07) is 6.66. The number of hydrogen-bond acceptors (Lipinski definition) is 6. The van der Waals surface area contributed by atoms with Gasteiger partial charge >= 0.3 is 0 Å². The Morgan fingerprint density at radius 2 is 1.83 bits per heavy atom. The Morgan fingerprint density at radius 3 is 2.57 bits per heavy atom. The van der Waals surface area contributed by atoms with Crippen molar-refractivity contribution in [1.29, 1.82) is 0 Å². The predicted molar refractivity (Wildman–Crippen MR) is 114 cm³/mol. The van der Waals surface area contributed by atoms with Gasteiger partial charge in [0.25, 0.3) is 0 Å². The molecular weight excluding hydrogens is 409 g/mol. The van der Waals surface area contributed by atoms with Crippen LogP contribution in [-0.4, -0.2) is 73.5 Å². The fourth-order valence-corrected chi connectivity index (χ4v) is 3.99. The minimum absolute atomic E-state index is 0.0917. The summed E-state index contributed by atoms with van der Waals surface area (Å²) in [5.74, 6) is 0.499. The second-order valence-electron chi connectivity index (χ2n) is 7.49. The number of hydrogen-bond donors (Lipinski definition) is 0. The summed E-state index contributed by atoms with van der Waals surface area (Å²) < 4.78 is 18.7. The van der Waals surface area contributed by atoms with E-state index >= 15 is 0 Å². The SMILES string of the molecule is O=C(CCc1ccc(F)c(Cl)c1)N1CCN(c2cc(N3CCOCC3)cnn2)CC1. The van der Waals surface area contributed by atoms with Gasteiger partial charge in [0.05, 0.1) is 30.1 Å². The predicted octanol–water partition coefficient (Wildman–Crippen LogP) is 2.39. The Hall–Kier alpha value is -2.45. The van der Waals surface area contributed by atoms with Gasteiger partial charge in [-0.1, -0.05) is 17.7 Å². The Morgan fingerprint density at radius 1 is 1.07 bits per heavy atom. The van der Waals surface area contributed by atoms with E-state index in [-0.39, 0.29) is 10.9 Å². The molecule has 0 atom stereocenters. The normalized spacial score (nSPS) is 17.3. The quantitative estimate of drug-likeness (QED) is 0.721. The smallest absolute Gasteiger partial charge is 0.223 e. The average Bonchev–Trinajstić information content (AvgIpc) is 2.80. The molecule has 160 valence electrons. The first kappa shape index (κ1) is 20.8.